The van der Waals surface area contributed by atoms with Gasteiger partial charge >= 0.3 is 0 Å². The predicted molar refractivity (Wildman–Crippen MR) is 112 cm³/mol. The maximum absolute atomic E-state index is 13.0. The van der Waals surface area contributed by atoms with E-state index in [0.29, 0.717) is 23.2 Å². The van der Waals surface area contributed by atoms with Crippen molar-refractivity contribution in [3.05, 3.63) is 70.6 Å². The van der Waals surface area contributed by atoms with Crippen LogP contribution in [0.4, 0.5) is 5.69 Å². The summed E-state index contributed by atoms with van der Waals surface area (Å²) in [6, 6.07) is 15.9. The highest BCUT2D eigenvalue weighted by Crippen LogP contribution is 2.43. The Labute approximate surface area is 171 Å². The second-order valence-electron chi connectivity index (χ2n) is 6.09. The first-order chi connectivity index (χ1) is 13.5. The first kappa shape index (κ1) is 18.4. The second kappa shape index (κ2) is 7.21. The zero-order valence-corrected chi connectivity index (χ0v) is 16.5. The fourth-order valence-corrected chi connectivity index (χ4v) is 4.44. The quantitative estimate of drug-likeness (QED) is 0.624. The number of fused-ring (bicyclic) bond motifs is 1. The number of anilines is 1. The number of hydrogen-bond acceptors (Lipinski definition) is 5. The molecule has 1 saturated heterocycles. The number of thioether (sulfide) groups is 1. The van der Waals surface area contributed by atoms with Gasteiger partial charge < -0.3 is 4.90 Å². The van der Waals surface area contributed by atoms with Crippen LogP contribution < -0.4 is 10.3 Å². The molecule has 0 unspecified atom stereocenters. The average molecular weight is 409 g/mol. The molecule has 0 saturated carbocycles. The van der Waals surface area contributed by atoms with Crippen LogP contribution in [-0.2, 0) is 9.59 Å². The van der Waals surface area contributed by atoms with Gasteiger partial charge in [-0.05, 0) is 37.3 Å². The number of carbonyl (C=O) groups excluding carboxylic acids is 3. The molecule has 0 radical (unpaired) electrons. The van der Waals surface area contributed by atoms with Crippen LogP contribution in [0, 0.1) is 0 Å². The SMILES string of the molecule is CCN1C(=O)/C(=C2\SC(=S)N(NC(=O)c3ccccc3)C2=O)c2ccccc21. The van der Waals surface area contributed by atoms with Crippen molar-refractivity contribution in [3.63, 3.8) is 0 Å². The van der Waals surface area contributed by atoms with Gasteiger partial charge in [-0.3, -0.25) is 19.8 Å². The number of hydrogen-bond donors (Lipinski definition) is 1. The third-order valence-corrected chi connectivity index (χ3v) is 5.86. The summed E-state index contributed by atoms with van der Waals surface area (Å²) in [5.41, 5.74) is 4.73. The molecule has 4 rings (SSSR count). The van der Waals surface area contributed by atoms with Crippen LogP contribution in [0.1, 0.15) is 22.8 Å². The first-order valence-corrected chi connectivity index (χ1v) is 9.83. The Balaban J connectivity index is 1.69. The standard InChI is InChI=1S/C20H15N3O3S2/c1-2-22-14-11-7-6-10-13(14)15(18(22)25)16-19(26)23(20(27)28-16)21-17(24)12-8-4-3-5-9-12/h3-11H,2H2,1H3,(H,21,24)/b16-15-. The molecule has 0 atom stereocenters. The summed E-state index contributed by atoms with van der Waals surface area (Å²) >= 11 is 6.31. The number of amides is 3. The summed E-state index contributed by atoms with van der Waals surface area (Å²) in [6.45, 7) is 2.37. The minimum absolute atomic E-state index is 0.178. The van der Waals surface area contributed by atoms with Crippen molar-refractivity contribution in [1.82, 2.24) is 10.4 Å². The van der Waals surface area contributed by atoms with Gasteiger partial charge in [0.1, 0.15) is 0 Å². The lowest BCUT2D eigenvalue weighted by Gasteiger charge is -2.15. The van der Waals surface area contributed by atoms with E-state index in [1.165, 1.54) is 0 Å². The number of carbonyl (C=O) groups is 3. The van der Waals surface area contributed by atoms with Gasteiger partial charge in [0.15, 0.2) is 4.32 Å². The lowest BCUT2D eigenvalue weighted by molar-refractivity contribution is -0.124. The fraction of sp³-hybridized carbons (Fsp3) is 0.100. The summed E-state index contributed by atoms with van der Waals surface area (Å²) in [7, 11) is 0. The number of nitrogens with one attached hydrogen (secondary N) is 1. The third kappa shape index (κ3) is 2.90. The molecule has 8 heteroatoms. The largest absolute Gasteiger partial charge is 0.308 e. The van der Waals surface area contributed by atoms with Crippen LogP contribution in [-0.4, -0.2) is 33.6 Å². The minimum atomic E-state index is -0.504. The van der Waals surface area contributed by atoms with E-state index in [-0.39, 0.29) is 15.1 Å². The molecule has 2 aliphatic rings. The molecule has 2 aliphatic heterocycles. The summed E-state index contributed by atoms with van der Waals surface area (Å²) in [5.74, 6) is -1.19. The monoisotopic (exact) mass is 409 g/mol. The van der Waals surface area contributed by atoms with E-state index < -0.39 is 11.8 Å². The molecule has 140 valence electrons. The van der Waals surface area contributed by atoms with Gasteiger partial charge in [0.05, 0.1) is 16.2 Å². The zero-order chi connectivity index (χ0) is 19.8. The number of hydrazine groups is 1. The molecule has 1 fully saturated rings. The Morgan fingerprint density at radius 2 is 1.71 bits per heavy atom. The number of thiocarbonyl (C=S) groups is 1. The van der Waals surface area contributed by atoms with Crippen LogP contribution in [0.5, 0.6) is 0 Å². The van der Waals surface area contributed by atoms with E-state index in [2.05, 4.69) is 5.43 Å². The Kier molecular flexibility index (Phi) is 4.74. The summed E-state index contributed by atoms with van der Waals surface area (Å²) in [6.07, 6.45) is 0. The zero-order valence-electron chi connectivity index (χ0n) is 14.8. The van der Waals surface area contributed by atoms with E-state index in [1.54, 1.807) is 35.2 Å². The van der Waals surface area contributed by atoms with Gasteiger partial charge in [0.25, 0.3) is 17.7 Å². The molecule has 28 heavy (non-hydrogen) atoms. The summed E-state index contributed by atoms with van der Waals surface area (Å²) in [5, 5.41) is 1.03. The van der Waals surface area contributed by atoms with Gasteiger partial charge in [-0.1, -0.05) is 48.2 Å². The maximum atomic E-state index is 13.0. The molecule has 2 aromatic carbocycles. The predicted octanol–water partition coefficient (Wildman–Crippen LogP) is 2.97. The maximum Gasteiger partial charge on any atom is 0.286 e. The molecule has 1 N–H and O–H groups in total. The minimum Gasteiger partial charge on any atom is -0.308 e. The van der Waals surface area contributed by atoms with Crippen LogP contribution >= 0.6 is 24.0 Å². The third-order valence-electron chi connectivity index (χ3n) is 4.49. The Bertz CT molecular complexity index is 1050. The highest BCUT2D eigenvalue weighted by Gasteiger charge is 2.42. The molecule has 2 heterocycles. The fourth-order valence-electron chi connectivity index (χ4n) is 3.18. The van der Waals surface area contributed by atoms with E-state index in [9.17, 15) is 14.4 Å². The van der Waals surface area contributed by atoms with Crippen LogP contribution in [0.25, 0.3) is 5.57 Å². The molecule has 0 aromatic heterocycles. The van der Waals surface area contributed by atoms with E-state index in [1.807, 2.05) is 31.2 Å². The van der Waals surface area contributed by atoms with Gasteiger partial charge in [0, 0.05) is 17.7 Å². The lowest BCUT2D eigenvalue weighted by atomic mass is 10.1. The Morgan fingerprint density at radius 1 is 1.04 bits per heavy atom. The van der Waals surface area contributed by atoms with Gasteiger partial charge in [0.2, 0.25) is 0 Å². The van der Waals surface area contributed by atoms with Crippen molar-refractivity contribution < 1.29 is 14.4 Å². The molecule has 3 amide bonds. The highest BCUT2D eigenvalue weighted by atomic mass is 32.2. The van der Waals surface area contributed by atoms with E-state index >= 15 is 0 Å². The van der Waals surface area contributed by atoms with Crippen molar-refractivity contribution in [2.75, 3.05) is 11.4 Å². The summed E-state index contributed by atoms with van der Waals surface area (Å²) in [4.78, 5) is 40.2. The van der Waals surface area contributed by atoms with Crippen molar-refractivity contribution in [1.29, 1.82) is 0 Å². The number of nitrogens with zero attached hydrogens (tertiary/aromatic N) is 2. The van der Waals surface area contributed by atoms with Crippen molar-refractivity contribution in [3.8, 4) is 0 Å². The first-order valence-electron chi connectivity index (χ1n) is 8.60. The Morgan fingerprint density at radius 3 is 2.43 bits per heavy atom. The molecular formula is C20H15N3O3S2. The van der Waals surface area contributed by atoms with Crippen LogP contribution in [0.3, 0.4) is 0 Å². The van der Waals surface area contributed by atoms with Crippen LogP contribution in [0.15, 0.2) is 59.5 Å². The highest BCUT2D eigenvalue weighted by molar-refractivity contribution is 8.26. The normalized spacial score (nSPS) is 18.7. The number of rotatable bonds is 3. The lowest BCUT2D eigenvalue weighted by Crippen LogP contribution is -2.45. The van der Waals surface area contributed by atoms with E-state index in [4.69, 9.17) is 12.2 Å². The van der Waals surface area contributed by atoms with Crippen molar-refractivity contribution in [2.24, 2.45) is 0 Å². The number of benzene rings is 2. The molecule has 6 nitrogen and oxygen atoms in total. The van der Waals surface area contributed by atoms with Gasteiger partial charge in [-0.25, -0.2) is 0 Å². The van der Waals surface area contributed by atoms with Crippen molar-refractivity contribution in [2.45, 2.75) is 6.92 Å². The summed E-state index contributed by atoms with van der Waals surface area (Å²) < 4.78 is 0.178. The Hall–Kier alpha value is -2.97. The number of likely N-dealkylation sites (N-methyl/N-ethyl adjacent to an activating group) is 1. The van der Waals surface area contributed by atoms with E-state index in [0.717, 1.165) is 22.5 Å². The van der Waals surface area contributed by atoms with Crippen LogP contribution in [0.2, 0.25) is 0 Å². The topological polar surface area (TPSA) is 69.7 Å². The van der Waals surface area contributed by atoms with Gasteiger partial charge in [-0.2, -0.15) is 5.01 Å². The molecular weight excluding hydrogens is 394 g/mol. The van der Waals surface area contributed by atoms with Crippen molar-refractivity contribution >= 4 is 57.3 Å². The molecule has 0 spiro atoms. The number of para-hydroxylation sites is 1. The second-order valence-corrected chi connectivity index (χ2v) is 7.73. The molecule has 2 aromatic rings. The average Bonchev–Trinajstić information content (AvgIpc) is 3.15. The molecule has 0 aliphatic carbocycles. The van der Waals surface area contributed by atoms with Gasteiger partial charge in [-0.15, -0.1) is 0 Å². The molecule has 0 bridgehead atoms. The smallest absolute Gasteiger partial charge is 0.286 e.